The molecule has 2 fully saturated rings. The normalized spacial score (nSPS) is 18.7. The number of carbonyl (C=O) groups is 2. The Morgan fingerprint density at radius 1 is 1.18 bits per heavy atom. The molecular formula is C30H38ClN5O3. The molecule has 0 bridgehead atoms. The highest BCUT2D eigenvalue weighted by Crippen LogP contribution is 2.58. The number of para-hydroxylation sites is 1. The second-order valence-electron chi connectivity index (χ2n) is 10.9. The van der Waals surface area contributed by atoms with Crippen molar-refractivity contribution in [2.75, 3.05) is 20.2 Å². The van der Waals surface area contributed by atoms with Crippen LogP contribution in [0, 0.1) is 11.3 Å². The Morgan fingerprint density at radius 3 is 2.74 bits per heavy atom. The van der Waals surface area contributed by atoms with E-state index in [9.17, 15) is 9.59 Å². The molecule has 2 atom stereocenters. The number of pyridine rings is 1. The van der Waals surface area contributed by atoms with Gasteiger partial charge in [0.2, 0.25) is 11.8 Å². The van der Waals surface area contributed by atoms with Gasteiger partial charge in [-0.25, -0.2) is 9.97 Å². The fourth-order valence-corrected chi connectivity index (χ4v) is 6.15. The molecule has 2 aliphatic rings. The van der Waals surface area contributed by atoms with E-state index in [4.69, 9.17) is 21.3 Å². The fraction of sp³-hybridized carbons (Fsp3) is 0.533. The van der Waals surface area contributed by atoms with Gasteiger partial charge in [-0.1, -0.05) is 49.6 Å². The first kappa shape index (κ1) is 27.6. The number of hydrogen-bond donors (Lipinski definition) is 3. The quantitative estimate of drug-likeness (QED) is 0.247. The first-order chi connectivity index (χ1) is 18.9. The van der Waals surface area contributed by atoms with Crippen LogP contribution in [0.4, 0.5) is 0 Å². The predicted octanol–water partition coefficient (Wildman–Crippen LogP) is 5.76. The van der Waals surface area contributed by atoms with Crippen molar-refractivity contribution in [1.82, 2.24) is 25.6 Å². The van der Waals surface area contributed by atoms with Crippen LogP contribution in [0.15, 0.2) is 30.3 Å². The molecule has 208 valence electrons. The van der Waals surface area contributed by atoms with Crippen molar-refractivity contribution in [3.05, 3.63) is 41.3 Å². The summed E-state index contributed by atoms with van der Waals surface area (Å²) in [6, 6.07) is 9.51. The highest BCUT2D eigenvalue weighted by molar-refractivity contribution is 6.32. The number of ketones is 1. The van der Waals surface area contributed by atoms with Crippen LogP contribution in [0.5, 0.6) is 5.88 Å². The van der Waals surface area contributed by atoms with Gasteiger partial charge in [0, 0.05) is 24.1 Å². The van der Waals surface area contributed by atoms with Crippen molar-refractivity contribution in [3.8, 4) is 17.1 Å². The number of carbonyl (C=O) groups excluding carboxylic acids is 2. The van der Waals surface area contributed by atoms with Crippen molar-refractivity contribution in [1.29, 1.82) is 0 Å². The summed E-state index contributed by atoms with van der Waals surface area (Å²) in [5.74, 6) is 1.52. The van der Waals surface area contributed by atoms with Crippen molar-refractivity contribution in [2.24, 2.45) is 11.3 Å². The first-order valence-corrected chi connectivity index (χ1v) is 14.5. The van der Waals surface area contributed by atoms with Gasteiger partial charge in [-0.15, -0.1) is 0 Å². The number of nitrogens with one attached hydrogen (secondary N) is 3. The number of aromatic amines is 1. The van der Waals surface area contributed by atoms with E-state index in [2.05, 4.69) is 20.6 Å². The smallest absolute Gasteiger partial charge is 0.224 e. The lowest BCUT2D eigenvalue weighted by Gasteiger charge is -2.24. The van der Waals surface area contributed by atoms with Crippen LogP contribution in [-0.2, 0) is 9.59 Å². The third kappa shape index (κ3) is 6.12. The number of benzene rings is 1. The summed E-state index contributed by atoms with van der Waals surface area (Å²) in [6.45, 7) is 3.85. The van der Waals surface area contributed by atoms with Crippen LogP contribution in [0.25, 0.3) is 22.2 Å². The molecule has 1 amide bonds. The van der Waals surface area contributed by atoms with Crippen molar-refractivity contribution >= 4 is 34.2 Å². The van der Waals surface area contributed by atoms with Gasteiger partial charge in [0.1, 0.15) is 22.5 Å². The lowest BCUT2D eigenvalue weighted by atomic mass is 9.91. The molecule has 2 aromatic heterocycles. The molecule has 1 spiro atoms. The molecule has 0 radical (unpaired) electrons. The van der Waals surface area contributed by atoms with Gasteiger partial charge in [-0.3, -0.25) is 9.59 Å². The van der Waals surface area contributed by atoms with Crippen LogP contribution in [0.2, 0.25) is 5.15 Å². The molecule has 1 aliphatic heterocycles. The number of Topliss-reactive ketones (excluding diaryl/α,β-unsaturated/α-hetero) is 1. The second kappa shape index (κ2) is 12.0. The third-order valence-corrected chi connectivity index (χ3v) is 8.68. The highest BCUT2D eigenvalue weighted by atomic mass is 35.5. The number of fused-ring (bicyclic) bond motifs is 1. The average molecular weight is 552 g/mol. The van der Waals surface area contributed by atoms with Crippen LogP contribution in [0.1, 0.15) is 76.6 Å². The number of ether oxygens (including phenoxy) is 1. The number of piperidine rings is 1. The van der Waals surface area contributed by atoms with Gasteiger partial charge in [0.05, 0.1) is 24.2 Å². The molecule has 1 saturated heterocycles. The molecule has 5 rings (SSSR count). The number of H-pyrrole nitrogens is 1. The van der Waals surface area contributed by atoms with Gasteiger partial charge in [0.25, 0.3) is 0 Å². The maximum atomic E-state index is 13.4. The monoisotopic (exact) mass is 551 g/mol. The van der Waals surface area contributed by atoms with E-state index in [1.54, 1.807) is 7.11 Å². The molecular weight excluding hydrogens is 514 g/mol. The van der Waals surface area contributed by atoms with E-state index in [1.165, 1.54) is 0 Å². The van der Waals surface area contributed by atoms with Crippen molar-refractivity contribution in [3.63, 3.8) is 0 Å². The molecule has 3 aromatic rings. The van der Waals surface area contributed by atoms with Crippen LogP contribution >= 0.6 is 11.6 Å². The Morgan fingerprint density at radius 2 is 1.97 bits per heavy atom. The summed E-state index contributed by atoms with van der Waals surface area (Å²) in [7, 11) is 1.58. The lowest BCUT2D eigenvalue weighted by Crippen LogP contribution is -2.35. The van der Waals surface area contributed by atoms with E-state index in [0.29, 0.717) is 53.2 Å². The number of rotatable bonds is 12. The minimum atomic E-state index is -0.301. The molecule has 1 saturated carbocycles. The summed E-state index contributed by atoms with van der Waals surface area (Å²) >= 11 is 6.71. The standard InChI is InChI=1S/C30H38ClN5O3/c1-3-20(37)10-5-4-6-12-24(33-28(38)22-18-30(22)13-15-32-16-14-30)27-35-25(26(31)36-27)21-17-19-9-7-8-11-23(19)34-29(21)39-2/h7-9,11,17,22,24,32H,3-6,10,12-16,18H2,1-2H3,(H,33,38)(H,35,36)/t22-,24?/m1/s1. The SMILES string of the molecule is CCC(=O)CCCCCC(NC(=O)[C@H]1CC12CCNCC2)c1nc(-c2cc3ccccc3nc2OC)c(Cl)[nH]1. The molecule has 1 aliphatic carbocycles. The first-order valence-electron chi connectivity index (χ1n) is 14.2. The van der Waals surface area contributed by atoms with E-state index in [0.717, 1.165) is 62.5 Å². The number of methoxy groups -OCH3 is 1. The molecule has 3 heterocycles. The number of halogens is 1. The van der Waals surface area contributed by atoms with E-state index >= 15 is 0 Å². The number of aromatic nitrogens is 3. The Balaban J connectivity index is 1.36. The van der Waals surface area contributed by atoms with Gasteiger partial charge < -0.3 is 20.4 Å². The summed E-state index contributed by atoms with van der Waals surface area (Å²) in [4.78, 5) is 37.9. The van der Waals surface area contributed by atoms with Gasteiger partial charge in [-0.05, 0) is 62.7 Å². The van der Waals surface area contributed by atoms with Crippen LogP contribution in [-0.4, -0.2) is 46.8 Å². The number of imidazole rings is 1. The van der Waals surface area contributed by atoms with Crippen molar-refractivity contribution < 1.29 is 14.3 Å². The van der Waals surface area contributed by atoms with Crippen molar-refractivity contribution in [2.45, 2.75) is 70.8 Å². The molecule has 1 unspecified atom stereocenters. The maximum Gasteiger partial charge on any atom is 0.224 e. The maximum absolute atomic E-state index is 13.4. The predicted molar refractivity (Wildman–Crippen MR) is 153 cm³/mol. The van der Waals surface area contributed by atoms with E-state index in [-0.39, 0.29) is 23.3 Å². The number of amides is 1. The van der Waals surface area contributed by atoms with E-state index in [1.807, 2.05) is 37.3 Å². The minimum Gasteiger partial charge on any atom is -0.480 e. The topological polar surface area (TPSA) is 109 Å². The molecule has 1 aromatic carbocycles. The summed E-state index contributed by atoms with van der Waals surface area (Å²) in [6.07, 6.45) is 7.60. The zero-order valence-electron chi connectivity index (χ0n) is 22.8. The Kier molecular flexibility index (Phi) is 8.52. The van der Waals surface area contributed by atoms with E-state index < -0.39 is 0 Å². The third-order valence-electron chi connectivity index (χ3n) is 8.41. The van der Waals surface area contributed by atoms with Gasteiger partial charge >= 0.3 is 0 Å². The number of nitrogens with zero attached hydrogens (tertiary/aromatic N) is 2. The average Bonchev–Trinajstić information content (AvgIpc) is 3.51. The largest absolute Gasteiger partial charge is 0.480 e. The zero-order valence-corrected chi connectivity index (χ0v) is 23.6. The molecule has 3 N–H and O–H groups in total. The van der Waals surface area contributed by atoms with Gasteiger partial charge in [0.15, 0.2) is 0 Å². The van der Waals surface area contributed by atoms with Gasteiger partial charge in [-0.2, -0.15) is 0 Å². The molecule has 8 nitrogen and oxygen atoms in total. The number of unbranched alkanes of at least 4 members (excludes halogenated alkanes) is 2. The summed E-state index contributed by atoms with van der Waals surface area (Å²) in [5.41, 5.74) is 2.22. The Bertz CT molecular complexity index is 1330. The number of hydrogen-bond acceptors (Lipinski definition) is 6. The minimum absolute atomic E-state index is 0.0546. The Hall–Kier alpha value is -2.97. The fourth-order valence-electron chi connectivity index (χ4n) is 5.91. The molecule has 39 heavy (non-hydrogen) atoms. The summed E-state index contributed by atoms with van der Waals surface area (Å²) < 4.78 is 5.59. The van der Waals surface area contributed by atoms with Crippen LogP contribution in [0.3, 0.4) is 0 Å². The second-order valence-corrected chi connectivity index (χ2v) is 11.3. The lowest BCUT2D eigenvalue weighted by molar-refractivity contribution is -0.124. The highest BCUT2D eigenvalue weighted by Gasteiger charge is 2.57. The summed E-state index contributed by atoms with van der Waals surface area (Å²) in [5, 5.41) is 8.05. The van der Waals surface area contributed by atoms with Crippen LogP contribution < -0.4 is 15.4 Å². The Labute approximate surface area is 234 Å². The zero-order chi connectivity index (χ0) is 27.4. The molecule has 9 heteroatoms.